The highest BCUT2D eigenvalue weighted by Gasteiger charge is 2.17. The minimum atomic E-state index is -0.265. The Morgan fingerprint density at radius 3 is 2.35 bits per heavy atom. The van der Waals surface area contributed by atoms with Crippen molar-refractivity contribution in [1.82, 2.24) is 0 Å². The maximum Gasteiger partial charge on any atom is 0.306 e. The highest BCUT2D eigenvalue weighted by Crippen LogP contribution is 2.20. The van der Waals surface area contributed by atoms with E-state index in [1.807, 2.05) is 0 Å². The van der Waals surface area contributed by atoms with Crippen LogP contribution in [-0.4, -0.2) is 37.9 Å². The molecule has 1 aliphatic rings. The van der Waals surface area contributed by atoms with Gasteiger partial charge in [0.25, 0.3) is 0 Å². The Balaban J connectivity index is 2.15. The fourth-order valence-electron chi connectivity index (χ4n) is 2.99. The fraction of sp³-hybridized carbons (Fsp3) is 0.889. The molecule has 5 heteroatoms. The molecular formula is C18H32O5. The molecule has 1 rings (SSSR count). The molecular weight excluding hydrogens is 296 g/mol. The molecule has 0 aromatic heterocycles. The molecule has 0 aromatic rings. The quantitative estimate of drug-likeness (QED) is 0.347. The summed E-state index contributed by atoms with van der Waals surface area (Å²) < 4.78 is 15.9. The lowest BCUT2D eigenvalue weighted by Crippen LogP contribution is -2.19. The van der Waals surface area contributed by atoms with E-state index in [-0.39, 0.29) is 24.1 Å². The molecule has 0 saturated heterocycles. The van der Waals surface area contributed by atoms with Crippen LogP contribution in [0.1, 0.15) is 77.6 Å². The van der Waals surface area contributed by atoms with Crippen molar-refractivity contribution in [3.8, 4) is 0 Å². The lowest BCUT2D eigenvalue weighted by molar-refractivity contribution is -0.150. The number of carbonyl (C=O) groups excluding carboxylic acids is 2. The van der Waals surface area contributed by atoms with E-state index in [9.17, 15) is 9.59 Å². The van der Waals surface area contributed by atoms with Gasteiger partial charge in [-0.05, 0) is 44.9 Å². The van der Waals surface area contributed by atoms with Gasteiger partial charge >= 0.3 is 11.9 Å². The standard InChI is InChI=1S/C18H32O5/c1-15(19)22-17(13-14-21-2)11-7-8-12-18(20)23-16-9-5-3-4-6-10-16/h16-17H,3-14H2,1-2H3/t17-/m0/s1. The van der Waals surface area contributed by atoms with Crippen LogP contribution in [0.5, 0.6) is 0 Å². The molecule has 0 bridgehead atoms. The number of rotatable bonds is 10. The summed E-state index contributed by atoms with van der Waals surface area (Å²) in [5.41, 5.74) is 0. The van der Waals surface area contributed by atoms with Crippen LogP contribution < -0.4 is 0 Å². The molecule has 0 radical (unpaired) electrons. The molecule has 0 N–H and O–H groups in total. The van der Waals surface area contributed by atoms with E-state index in [2.05, 4.69) is 0 Å². The summed E-state index contributed by atoms with van der Waals surface area (Å²) in [6, 6.07) is 0. The van der Waals surface area contributed by atoms with Crippen LogP contribution in [-0.2, 0) is 23.8 Å². The van der Waals surface area contributed by atoms with Crippen molar-refractivity contribution in [3.63, 3.8) is 0 Å². The van der Waals surface area contributed by atoms with Gasteiger partial charge in [-0.25, -0.2) is 0 Å². The molecule has 1 atom stereocenters. The number of hydrogen-bond donors (Lipinski definition) is 0. The third-order valence-corrected chi connectivity index (χ3v) is 4.23. The summed E-state index contributed by atoms with van der Waals surface area (Å²) in [5.74, 6) is -0.350. The van der Waals surface area contributed by atoms with Crippen LogP contribution in [0.15, 0.2) is 0 Å². The van der Waals surface area contributed by atoms with E-state index in [0.29, 0.717) is 19.4 Å². The van der Waals surface area contributed by atoms with E-state index in [0.717, 1.165) is 32.1 Å². The van der Waals surface area contributed by atoms with Gasteiger partial charge in [0.2, 0.25) is 0 Å². The molecule has 1 fully saturated rings. The predicted molar refractivity (Wildman–Crippen MR) is 88.1 cm³/mol. The van der Waals surface area contributed by atoms with E-state index in [1.54, 1.807) is 7.11 Å². The summed E-state index contributed by atoms with van der Waals surface area (Å²) in [5, 5.41) is 0. The first-order chi connectivity index (χ1) is 11.1. The second kappa shape index (κ2) is 12.3. The normalized spacial score (nSPS) is 17.3. The zero-order chi connectivity index (χ0) is 16.9. The maximum atomic E-state index is 11.9. The molecule has 5 nitrogen and oxygen atoms in total. The third-order valence-electron chi connectivity index (χ3n) is 4.23. The summed E-state index contributed by atoms with van der Waals surface area (Å²) in [4.78, 5) is 23.0. The van der Waals surface area contributed by atoms with E-state index >= 15 is 0 Å². The van der Waals surface area contributed by atoms with Crippen molar-refractivity contribution < 1.29 is 23.8 Å². The van der Waals surface area contributed by atoms with Gasteiger partial charge in [-0.2, -0.15) is 0 Å². The molecule has 134 valence electrons. The van der Waals surface area contributed by atoms with Crippen molar-refractivity contribution in [1.29, 1.82) is 0 Å². The number of ether oxygens (including phenoxy) is 3. The first-order valence-corrected chi connectivity index (χ1v) is 8.97. The summed E-state index contributed by atoms with van der Waals surface area (Å²) in [6.45, 7) is 1.99. The van der Waals surface area contributed by atoms with Crippen LogP contribution in [0.3, 0.4) is 0 Å². The lowest BCUT2D eigenvalue weighted by Gasteiger charge is -2.17. The minimum Gasteiger partial charge on any atom is -0.462 e. The Bertz CT molecular complexity index is 334. The van der Waals surface area contributed by atoms with Crippen molar-refractivity contribution in [2.45, 2.75) is 89.8 Å². The monoisotopic (exact) mass is 328 g/mol. The van der Waals surface area contributed by atoms with Crippen molar-refractivity contribution in [3.05, 3.63) is 0 Å². The van der Waals surface area contributed by atoms with Crippen LogP contribution in [0.4, 0.5) is 0 Å². The van der Waals surface area contributed by atoms with Crippen LogP contribution in [0.25, 0.3) is 0 Å². The van der Waals surface area contributed by atoms with Gasteiger partial charge in [0.05, 0.1) is 0 Å². The van der Waals surface area contributed by atoms with Gasteiger partial charge in [0, 0.05) is 33.5 Å². The lowest BCUT2D eigenvalue weighted by atomic mass is 10.1. The topological polar surface area (TPSA) is 61.8 Å². The van der Waals surface area contributed by atoms with Crippen molar-refractivity contribution in [2.75, 3.05) is 13.7 Å². The summed E-state index contributed by atoms with van der Waals surface area (Å²) >= 11 is 0. The average molecular weight is 328 g/mol. The van der Waals surface area contributed by atoms with Crippen LogP contribution >= 0.6 is 0 Å². The molecule has 1 saturated carbocycles. The van der Waals surface area contributed by atoms with Gasteiger partial charge in [0.15, 0.2) is 0 Å². The van der Waals surface area contributed by atoms with Crippen LogP contribution in [0, 0.1) is 0 Å². The second-order valence-electron chi connectivity index (χ2n) is 6.36. The molecule has 0 heterocycles. The van der Waals surface area contributed by atoms with Crippen molar-refractivity contribution >= 4 is 11.9 Å². The zero-order valence-corrected chi connectivity index (χ0v) is 14.7. The number of hydrogen-bond acceptors (Lipinski definition) is 5. The van der Waals surface area contributed by atoms with Crippen LogP contribution in [0.2, 0.25) is 0 Å². The number of methoxy groups -OCH3 is 1. The molecule has 23 heavy (non-hydrogen) atoms. The van der Waals surface area contributed by atoms with E-state index in [1.165, 1.54) is 32.6 Å². The summed E-state index contributed by atoms with van der Waals surface area (Å²) in [7, 11) is 1.63. The Labute approximate surface area is 140 Å². The highest BCUT2D eigenvalue weighted by molar-refractivity contribution is 5.69. The third kappa shape index (κ3) is 10.3. The van der Waals surface area contributed by atoms with Gasteiger partial charge in [-0.3, -0.25) is 9.59 Å². The van der Waals surface area contributed by atoms with E-state index in [4.69, 9.17) is 14.2 Å². The molecule has 0 aliphatic heterocycles. The zero-order valence-electron chi connectivity index (χ0n) is 14.7. The van der Waals surface area contributed by atoms with Gasteiger partial charge in [0.1, 0.15) is 12.2 Å². The Kier molecular flexibility index (Phi) is 10.7. The SMILES string of the molecule is COCC[C@H](CCCCC(=O)OC1CCCCCC1)OC(C)=O. The number of unbranched alkanes of at least 4 members (excludes halogenated alkanes) is 1. The molecule has 0 amide bonds. The maximum absolute atomic E-state index is 11.9. The molecule has 1 aliphatic carbocycles. The first-order valence-electron chi connectivity index (χ1n) is 8.97. The number of esters is 2. The predicted octanol–water partition coefficient (Wildman–Crippen LogP) is 3.78. The molecule has 0 spiro atoms. The second-order valence-corrected chi connectivity index (χ2v) is 6.36. The van der Waals surface area contributed by atoms with Gasteiger partial charge in [-0.15, -0.1) is 0 Å². The Morgan fingerprint density at radius 2 is 1.74 bits per heavy atom. The van der Waals surface area contributed by atoms with Crippen molar-refractivity contribution in [2.24, 2.45) is 0 Å². The van der Waals surface area contributed by atoms with Gasteiger partial charge in [-0.1, -0.05) is 12.8 Å². The fourth-order valence-corrected chi connectivity index (χ4v) is 2.99. The first kappa shape index (κ1) is 19.9. The highest BCUT2D eigenvalue weighted by atomic mass is 16.5. The smallest absolute Gasteiger partial charge is 0.306 e. The minimum absolute atomic E-state index is 0.0853. The van der Waals surface area contributed by atoms with E-state index < -0.39 is 0 Å². The molecule has 0 aromatic carbocycles. The Morgan fingerprint density at radius 1 is 1.04 bits per heavy atom. The largest absolute Gasteiger partial charge is 0.462 e. The molecule has 0 unspecified atom stereocenters. The van der Waals surface area contributed by atoms with Gasteiger partial charge < -0.3 is 14.2 Å². The average Bonchev–Trinajstić information content (AvgIpc) is 2.77. The summed E-state index contributed by atoms with van der Waals surface area (Å²) in [6.07, 6.45) is 10.4. The Hall–Kier alpha value is -1.10. The number of carbonyl (C=O) groups is 2.